The molecule has 1 saturated heterocycles. The van der Waals surface area contributed by atoms with E-state index >= 15 is 0 Å². The van der Waals surface area contributed by atoms with E-state index in [9.17, 15) is 18.0 Å². The van der Waals surface area contributed by atoms with Gasteiger partial charge in [-0.2, -0.15) is 13.2 Å². The number of carbonyl (C=O) groups is 1. The van der Waals surface area contributed by atoms with Gasteiger partial charge in [0.05, 0.1) is 27.7 Å². The molecule has 0 saturated carbocycles. The largest absolute Gasteiger partial charge is 0.416 e. The standard InChI is InChI=1S/C24H22ClF3N4OS/c25-19-9-6-17(24(26,27)28)14-21(19)29-22(33)15-34-23-11-10-20(30-31-23)16-4-7-18(8-5-16)32-12-2-1-3-13-32/h4-11,14H,1-3,12-13,15H2,(H,29,33). The maximum Gasteiger partial charge on any atom is 0.416 e. The smallest absolute Gasteiger partial charge is 0.372 e. The summed E-state index contributed by atoms with van der Waals surface area (Å²) in [6.45, 7) is 2.16. The van der Waals surface area contributed by atoms with Crippen molar-refractivity contribution >= 4 is 40.6 Å². The number of anilines is 2. The van der Waals surface area contributed by atoms with Crippen molar-refractivity contribution < 1.29 is 18.0 Å². The first kappa shape index (κ1) is 24.3. The molecule has 10 heteroatoms. The van der Waals surface area contributed by atoms with Crippen LogP contribution in [-0.4, -0.2) is 34.9 Å². The molecule has 0 aliphatic carbocycles. The Morgan fingerprint density at radius 1 is 1.00 bits per heavy atom. The average Bonchev–Trinajstić information content (AvgIpc) is 2.84. The number of rotatable bonds is 6. The fraction of sp³-hybridized carbons (Fsp3) is 0.292. The maximum atomic E-state index is 12.9. The van der Waals surface area contributed by atoms with Crippen LogP contribution < -0.4 is 10.2 Å². The Hall–Kier alpha value is -2.78. The van der Waals surface area contributed by atoms with Crippen molar-refractivity contribution in [3.05, 3.63) is 65.2 Å². The molecule has 5 nitrogen and oxygen atoms in total. The number of halogens is 4. The zero-order valence-electron chi connectivity index (χ0n) is 18.1. The average molecular weight is 507 g/mol. The van der Waals surface area contributed by atoms with E-state index in [1.807, 2.05) is 18.2 Å². The van der Waals surface area contributed by atoms with Crippen LogP contribution in [0.25, 0.3) is 11.3 Å². The Labute approximate surface area is 204 Å². The molecule has 34 heavy (non-hydrogen) atoms. The second kappa shape index (κ2) is 10.7. The first-order valence-corrected chi connectivity index (χ1v) is 12.1. The monoisotopic (exact) mass is 506 g/mol. The Kier molecular flexibility index (Phi) is 7.63. The van der Waals surface area contributed by atoms with Gasteiger partial charge >= 0.3 is 6.18 Å². The lowest BCUT2D eigenvalue weighted by Gasteiger charge is -2.28. The Balaban J connectivity index is 1.33. The van der Waals surface area contributed by atoms with Gasteiger partial charge in [-0.25, -0.2) is 0 Å². The highest BCUT2D eigenvalue weighted by Crippen LogP contribution is 2.34. The molecule has 178 valence electrons. The van der Waals surface area contributed by atoms with E-state index in [2.05, 4.69) is 32.5 Å². The van der Waals surface area contributed by atoms with Gasteiger partial charge in [-0.1, -0.05) is 35.5 Å². The van der Waals surface area contributed by atoms with Gasteiger partial charge in [0.15, 0.2) is 0 Å². The molecule has 3 aromatic rings. The number of nitrogens with one attached hydrogen (secondary N) is 1. The zero-order valence-corrected chi connectivity index (χ0v) is 19.7. The van der Waals surface area contributed by atoms with Crippen molar-refractivity contribution in [2.24, 2.45) is 0 Å². The van der Waals surface area contributed by atoms with Crippen LogP contribution in [0.3, 0.4) is 0 Å². The molecule has 1 aliphatic rings. The van der Waals surface area contributed by atoms with E-state index < -0.39 is 17.6 Å². The number of benzene rings is 2. The maximum absolute atomic E-state index is 12.9. The van der Waals surface area contributed by atoms with Crippen LogP contribution >= 0.6 is 23.4 Å². The van der Waals surface area contributed by atoms with Gasteiger partial charge in [-0.3, -0.25) is 4.79 Å². The third-order valence-corrected chi connectivity index (χ3v) is 6.69. The van der Waals surface area contributed by atoms with Crippen molar-refractivity contribution in [1.82, 2.24) is 10.2 Å². The predicted molar refractivity (Wildman–Crippen MR) is 129 cm³/mol. The summed E-state index contributed by atoms with van der Waals surface area (Å²) in [5.41, 5.74) is 1.90. The van der Waals surface area contributed by atoms with Crippen molar-refractivity contribution in [2.45, 2.75) is 30.5 Å². The van der Waals surface area contributed by atoms with E-state index in [4.69, 9.17) is 11.6 Å². The molecule has 1 amide bonds. The number of hydrogen-bond donors (Lipinski definition) is 1. The SMILES string of the molecule is O=C(CSc1ccc(-c2ccc(N3CCCCC3)cc2)nn1)Nc1cc(C(F)(F)F)ccc1Cl. The summed E-state index contributed by atoms with van der Waals surface area (Å²) in [4.78, 5) is 14.6. The summed E-state index contributed by atoms with van der Waals surface area (Å²) in [5, 5.41) is 11.4. The lowest BCUT2D eigenvalue weighted by molar-refractivity contribution is -0.137. The number of alkyl halides is 3. The topological polar surface area (TPSA) is 58.1 Å². The summed E-state index contributed by atoms with van der Waals surface area (Å²) in [6, 6.07) is 14.6. The van der Waals surface area contributed by atoms with Crippen LogP contribution in [0.2, 0.25) is 5.02 Å². The normalized spacial score (nSPS) is 14.2. The minimum absolute atomic E-state index is 0.0294. The third kappa shape index (κ3) is 6.21. The van der Waals surface area contributed by atoms with E-state index in [1.165, 1.54) is 24.9 Å². The first-order chi connectivity index (χ1) is 16.3. The highest BCUT2D eigenvalue weighted by atomic mass is 35.5. The summed E-state index contributed by atoms with van der Waals surface area (Å²) >= 11 is 7.05. The van der Waals surface area contributed by atoms with Gasteiger partial charge in [-0.15, -0.1) is 10.2 Å². The summed E-state index contributed by atoms with van der Waals surface area (Å²) in [7, 11) is 0. The first-order valence-electron chi connectivity index (χ1n) is 10.8. The highest BCUT2D eigenvalue weighted by Gasteiger charge is 2.31. The van der Waals surface area contributed by atoms with Crippen molar-refractivity contribution in [3.8, 4) is 11.3 Å². The van der Waals surface area contributed by atoms with E-state index in [-0.39, 0.29) is 16.5 Å². The van der Waals surface area contributed by atoms with E-state index in [0.29, 0.717) is 5.03 Å². The zero-order chi connectivity index (χ0) is 24.1. The molecule has 2 heterocycles. The van der Waals surface area contributed by atoms with E-state index in [0.717, 1.165) is 54.3 Å². The molecule has 0 bridgehead atoms. The van der Waals surface area contributed by atoms with Crippen LogP contribution in [0.1, 0.15) is 24.8 Å². The number of carbonyl (C=O) groups excluding carboxylic acids is 1. The van der Waals surface area contributed by atoms with Crippen LogP contribution in [-0.2, 0) is 11.0 Å². The van der Waals surface area contributed by atoms with Gasteiger partial charge in [0.25, 0.3) is 0 Å². The molecular weight excluding hydrogens is 485 g/mol. The fourth-order valence-electron chi connectivity index (χ4n) is 3.67. The van der Waals surface area contributed by atoms with E-state index in [1.54, 1.807) is 6.07 Å². The Bertz CT molecular complexity index is 1130. The second-order valence-electron chi connectivity index (χ2n) is 7.88. The lowest BCUT2D eigenvalue weighted by atomic mass is 10.1. The van der Waals surface area contributed by atoms with Crippen LogP contribution in [0, 0.1) is 0 Å². The molecule has 1 aromatic heterocycles. The van der Waals surface area contributed by atoms with Crippen LogP contribution in [0.15, 0.2) is 59.6 Å². The minimum atomic E-state index is -4.52. The van der Waals surface area contributed by atoms with Crippen molar-refractivity contribution in [3.63, 3.8) is 0 Å². The van der Waals surface area contributed by atoms with Gasteiger partial charge in [-0.05, 0) is 61.7 Å². The molecule has 2 aromatic carbocycles. The minimum Gasteiger partial charge on any atom is -0.372 e. The lowest BCUT2D eigenvalue weighted by Crippen LogP contribution is -2.29. The molecule has 1 aliphatic heterocycles. The molecule has 0 spiro atoms. The van der Waals surface area contributed by atoms with Crippen molar-refractivity contribution in [1.29, 1.82) is 0 Å². The summed E-state index contributed by atoms with van der Waals surface area (Å²) < 4.78 is 38.7. The quantitative estimate of drug-likeness (QED) is 0.385. The number of aromatic nitrogens is 2. The molecule has 0 unspecified atom stereocenters. The number of hydrogen-bond acceptors (Lipinski definition) is 5. The summed E-state index contributed by atoms with van der Waals surface area (Å²) in [6.07, 6.45) is -0.798. The van der Waals surface area contributed by atoms with Crippen LogP contribution in [0.4, 0.5) is 24.5 Å². The van der Waals surface area contributed by atoms with Gasteiger partial charge in [0.2, 0.25) is 5.91 Å². The second-order valence-corrected chi connectivity index (χ2v) is 9.28. The fourth-order valence-corrected chi connectivity index (χ4v) is 4.45. The number of amides is 1. The Morgan fingerprint density at radius 2 is 1.74 bits per heavy atom. The number of nitrogens with zero attached hydrogens (tertiary/aromatic N) is 3. The molecule has 4 rings (SSSR count). The molecule has 1 fully saturated rings. The van der Waals surface area contributed by atoms with Gasteiger partial charge in [0, 0.05) is 24.3 Å². The molecule has 1 N–H and O–H groups in total. The number of piperidine rings is 1. The third-order valence-electron chi connectivity index (χ3n) is 5.44. The predicted octanol–water partition coefficient (Wildman–Crippen LogP) is 6.54. The van der Waals surface area contributed by atoms with Gasteiger partial charge in [0.1, 0.15) is 5.03 Å². The Morgan fingerprint density at radius 3 is 2.38 bits per heavy atom. The van der Waals surface area contributed by atoms with Crippen LogP contribution in [0.5, 0.6) is 0 Å². The van der Waals surface area contributed by atoms with Gasteiger partial charge < -0.3 is 10.2 Å². The highest BCUT2D eigenvalue weighted by molar-refractivity contribution is 7.99. The van der Waals surface area contributed by atoms with Crippen molar-refractivity contribution in [2.75, 3.05) is 29.1 Å². The number of thioether (sulfide) groups is 1. The summed E-state index contributed by atoms with van der Waals surface area (Å²) in [5.74, 6) is -0.545. The molecular formula is C24H22ClF3N4OS. The molecule has 0 atom stereocenters. The molecule has 0 radical (unpaired) electrons.